The number of nitrogens with zero attached hydrogens (tertiary/aromatic N) is 2. The number of sulfonamides is 1. The molecule has 0 amide bonds. The van der Waals surface area contributed by atoms with Gasteiger partial charge in [-0.15, -0.1) is 0 Å². The van der Waals surface area contributed by atoms with Gasteiger partial charge in [0, 0.05) is 13.0 Å². The Morgan fingerprint density at radius 3 is 2.86 bits per heavy atom. The van der Waals surface area contributed by atoms with Crippen LogP contribution in [0.1, 0.15) is 17.8 Å². The fourth-order valence-electron chi connectivity index (χ4n) is 1.74. The van der Waals surface area contributed by atoms with Gasteiger partial charge in [0.2, 0.25) is 10.0 Å². The van der Waals surface area contributed by atoms with Gasteiger partial charge in [0.05, 0.1) is 6.61 Å². The summed E-state index contributed by atoms with van der Waals surface area (Å²) < 4.78 is 40.0. The van der Waals surface area contributed by atoms with E-state index in [1.54, 1.807) is 0 Å². The molecule has 2 rings (SSSR count). The highest BCUT2D eigenvalue weighted by Gasteiger charge is 2.19. The number of H-pyrrole nitrogens is 1. The minimum Gasteiger partial charge on any atom is -0.392 e. The van der Waals surface area contributed by atoms with E-state index in [1.807, 2.05) is 0 Å². The van der Waals surface area contributed by atoms with Crippen LogP contribution < -0.4 is 4.72 Å². The van der Waals surface area contributed by atoms with Gasteiger partial charge in [-0.1, -0.05) is 6.07 Å². The molecule has 0 saturated carbocycles. The average molecular weight is 314 g/mol. The maximum atomic E-state index is 13.6. The molecule has 1 aromatic heterocycles. The van der Waals surface area contributed by atoms with E-state index in [2.05, 4.69) is 19.9 Å². The van der Waals surface area contributed by atoms with Crippen molar-refractivity contribution in [2.45, 2.75) is 24.3 Å². The smallest absolute Gasteiger partial charge is 0.243 e. The standard InChI is InChI=1S/C12H15FN4O3S/c13-10-4-3-9(7-18)6-11(10)21(19,20)16-5-1-2-12-14-8-15-17-12/h3-4,6,8,16,18H,1-2,5,7H2,(H,14,15,17). The van der Waals surface area contributed by atoms with Gasteiger partial charge >= 0.3 is 0 Å². The number of aryl methyl sites for hydroxylation is 1. The largest absolute Gasteiger partial charge is 0.392 e. The zero-order chi connectivity index (χ0) is 15.3. The molecular weight excluding hydrogens is 299 g/mol. The first kappa shape index (κ1) is 15.5. The van der Waals surface area contributed by atoms with E-state index in [4.69, 9.17) is 5.11 Å². The van der Waals surface area contributed by atoms with Gasteiger partial charge in [0.25, 0.3) is 0 Å². The number of benzene rings is 1. The lowest BCUT2D eigenvalue weighted by atomic mass is 10.2. The van der Waals surface area contributed by atoms with E-state index in [0.29, 0.717) is 24.2 Å². The number of hydrogen-bond donors (Lipinski definition) is 3. The Hall–Kier alpha value is -1.84. The third-order valence-corrected chi connectivity index (χ3v) is 4.29. The zero-order valence-corrected chi connectivity index (χ0v) is 11.9. The first-order valence-electron chi connectivity index (χ1n) is 6.26. The topological polar surface area (TPSA) is 108 Å². The van der Waals surface area contributed by atoms with Crippen LogP contribution in [-0.2, 0) is 23.1 Å². The van der Waals surface area contributed by atoms with Gasteiger partial charge < -0.3 is 5.11 Å². The highest BCUT2D eigenvalue weighted by Crippen LogP contribution is 2.16. The van der Waals surface area contributed by atoms with Crippen molar-refractivity contribution in [3.8, 4) is 0 Å². The lowest BCUT2D eigenvalue weighted by Gasteiger charge is -2.08. The van der Waals surface area contributed by atoms with Crippen molar-refractivity contribution in [3.05, 3.63) is 41.7 Å². The van der Waals surface area contributed by atoms with Crippen molar-refractivity contribution < 1.29 is 17.9 Å². The molecule has 21 heavy (non-hydrogen) atoms. The Balaban J connectivity index is 1.98. The van der Waals surface area contributed by atoms with E-state index < -0.39 is 20.7 Å². The van der Waals surface area contributed by atoms with Crippen LogP contribution in [0, 0.1) is 5.82 Å². The maximum Gasteiger partial charge on any atom is 0.243 e. The summed E-state index contributed by atoms with van der Waals surface area (Å²) in [5.74, 6) is -0.197. The SMILES string of the molecule is O=S(=O)(NCCCc1ncn[nH]1)c1cc(CO)ccc1F. The van der Waals surface area contributed by atoms with Gasteiger partial charge in [-0.2, -0.15) is 5.10 Å². The minimum atomic E-state index is -3.95. The molecule has 9 heteroatoms. The summed E-state index contributed by atoms with van der Waals surface area (Å²) in [6.07, 6.45) is 2.40. The maximum absolute atomic E-state index is 13.6. The second-order valence-electron chi connectivity index (χ2n) is 4.36. The number of rotatable bonds is 7. The lowest BCUT2D eigenvalue weighted by Crippen LogP contribution is -2.26. The number of aromatic amines is 1. The van der Waals surface area contributed by atoms with Crippen molar-refractivity contribution in [1.82, 2.24) is 19.9 Å². The minimum absolute atomic E-state index is 0.145. The molecular formula is C12H15FN4O3S. The monoisotopic (exact) mass is 314 g/mol. The van der Waals surface area contributed by atoms with Gasteiger partial charge in [-0.3, -0.25) is 5.10 Å². The molecule has 0 fully saturated rings. The average Bonchev–Trinajstić information content (AvgIpc) is 2.97. The van der Waals surface area contributed by atoms with E-state index in [9.17, 15) is 12.8 Å². The molecule has 0 unspecified atom stereocenters. The van der Waals surface area contributed by atoms with E-state index >= 15 is 0 Å². The number of hydrogen-bond acceptors (Lipinski definition) is 5. The molecule has 1 heterocycles. The summed E-state index contributed by atoms with van der Waals surface area (Å²) in [5.41, 5.74) is 0.332. The van der Waals surface area contributed by atoms with Gasteiger partial charge in [-0.25, -0.2) is 22.5 Å². The van der Waals surface area contributed by atoms with Crippen molar-refractivity contribution in [1.29, 1.82) is 0 Å². The van der Waals surface area contributed by atoms with Crippen molar-refractivity contribution in [3.63, 3.8) is 0 Å². The predicted octanol–water partition coefficient (Wildman–Crippen LogP) is 0.347. The first-order chi connectivity index (χ1) is 10.0. The molecule has 2 aromatic rings. The van der Waals surface area contributed by atoms with E-state index in [-0.39, 0.29) is 13.2 Å². The van der Waals surface area contributed by atoms with Crippen LogP contribution in [0.4, 0.5) is 4.39 Å². The number of aliphatic hydroxyl groups excluding tert-OH is 1. The fraction of sp³-hybridized carbons (Fsp3) is 0.333. The second kappa shape index (κ2) is 6.74. The van der Waals surface area contributed by atoms with Gasteiger partial charge in [0.15, 0.2) is 0 Å². The Kier molecular flexibility index (Phi) is 4.99. The molecule has 114 valence electrons. The number of halogens is 1. The van der Waals surface area contributed by atoms with Crippen LogP contribution in [0.5, 0.6) is 0 Å². The van der Waals surface area contributed by atoms with E-state index in [1.165, 1.54) is 12.4 Å². The fourth-order valence-corrected chi connectivity index (χ4v) is 2.94. The predicted molar refractivity (Wildman–Crippen MR) is 72.2 cm³/mol. The molecule has 0 aliphatic heterocycles. The molecule has 0 bridgehead atoms. The van der Waals surface area contributed by atoms with Gasteiger partial charge in [0.1, 0.15) is 22.9 Å². The quantitative estimate of drug-likeness (QED) is 0.639. The van der Waals surface area contributed by atoms with Crippen molar-refractivity contribution in [2.75, 3.05) is 6.54 Å². The van der Waals surface area contributed by atoms with Crippen molar-refractivity contribution >= 4 is 10.0 Å². The molecule has 0 radical (unpaired) electrons. The summed E-state index contributed by atoms with van der Waals surface area (Å²) in [6.45, 7) is -0.208. The highest BCUT2D eigenvalue weighted by molar-refractivity contribution is 7.89. The van der Waals surface area contributed by atoms with Gasteiger partial charge in [-0.05, 0) is 24.1 Å². The number of aliphatic hydroxyl groups is 1. The summed E-state index contributed by atoms with van der Waals surface area (Å²) in [7, 11) is -3.95. The summed E-state index contributed by atoms with van der Waals surface area (Å²) in [5, 5.41) is 15.3. The molecule has 0 aliphatic carbocycles. The normalized spacial score (nSPS) is 11.7. The molecule has 7 nitrogen and oxygen atoms in total. The molecule has 0 atom stereocenters. The Morgan fingerprint density at radius 2 is 2.19 bits per heavy atom. The number of nitrogens with one attached hydrogen (secondary N) is 2. The third-order valence-electron chi connectivity index (χ3n) is 2.82. The van der Waals surface area contributed by atoms with Crippen LogP contribution in [0.25, 0.3) is 0 Å². The Bertz CT molecular complexity index is 689. The Morgan fingerprint density at radius 1 is 1.38 bits per heavy atom. The summed E-state index contributed by atoms with van der Waals surface area (Å²) in [6, 6.07) is 3.47. The highest BCUT2D eigenvalue weighted by atomic mass is 32.2. The Labute approximate surface area is 121 Å². The van der Waals surface area contributed by atoms with Crippen LogP contribution in [0.3, 0.4) is 0 Å². The van der Waals surface area contributed by atoms with E-state index in [0.717, 1.165) is 12.1 Å². The molecule has 3 N–H and O–H groups in total. The lowest BCUT2D eigenvalue weighted by molar-refractivity contribution is 0.281. The molecule has 0 spiro atoms. The summed E-state index contributed by atoms with van der Waals surface area (Å²) in [4.78, 5) is 3.45. The molecule has 0 saturated heterocycles. The first-order valence-corrected chi connectivity index (χ1v) is 7.74. The zero-order valence-electron chi connectivity index (χ0n) is 11.1. The number of aromatic nitrogens is 3. The third kappa shape index (κ3) is 4.06. The summed E-state index contributed by atoms with van der Waals surface area (Å²) >= 11 is 0. The molecule has 0 aliphatic rings. The van der Waals surface area contributed by atoms with Crippen LogP contribution in [0.15, 0.2) is 29.4 Å². The van der Waals surface area contributed by atoms with Crippen LogP contribution >= 0.6 is 0 Å². The van der Waals surface area contributed by atoms with Crippen LogP contribution in [-0.4, -0.2) is 35.3 Å². The molecule has 1 aromatic carbocycles. The van der Waals surface area contributed by atoms with Crippen LogP contribution in [0.2, 0.25) is 0 Å². The van der Waals surface area contributed by atoms with Crippen molar-refractivity contribution in [2.24, 2.45) is 0 Å². The second-order valence-corrected chi connectivity index (χ2v) is 6.09.